The molecule has 0 unspecified atom stereocenters. The zero-order valence-electron chi connectivity index (χ0n) is 17.2. The summed E-state index contributed by atoms with van der Waals surface area (Å²) in [5, 5.41) is 15.0. The van der Waals surface area contributed by atoms with Gasteiger partial charge in [-0.05, 0) is 42.5 Å². The first-order chi connectivity index (χ1) is 15.3. The Hall–Kier alpha value is -3.10. The summed E-state index contributed by atoms with van der Waals surface area (Å²) in [6, 6.07) is 12.6. The molecular formula is C21H21ClN4O5S. The summed E-state index contributed by atoms with van der Waals surface area (Å²) >= 11 is 6.18. The minimum absolute atomic E-state index is 0.0425. The third-order valence-corrected chi connectivity index (χ3v) is 6.85. The van der Waals surface area contributed by atoms with Crippen LogP contribution in [0.1, 0.15) is 0 Å². The highest BCUT2D eigenvalue weighted by molar-refractivity contribution is 7.89. The second kappa shape index (κ2) is 10.5. The summed E-state index contributed by atoms with van der Waals surface area (Å²) in [6.45, 7) is 1.18. The smallest absolute Gasteiger partial charge is 0.267 e. The quantitative estimate of drug-likeness (QED) is 0.465. The summed E-state index contributed by atoms with van der Waals surface area (Å²) in [5.74, 6) is -0.0133. The molecule has 1 amide bonds. The van der Waals surface area contributed by atoms with Crippen molar-refractivity contribution < 1.29 is 22.7 Å². The first-order valence-corrected chi connectivity index (χ1v) is 11.4. The van der Waals surface area contributed by atoms with E-state index >= 15 is 0 Å². The Morgan fingerprint density at radius 3 is 2.53 bits per heavy atom. The van der Waals surface area contributed by atoms with Crippen molar-refractivity contribution >= 4 is 38.9 Å². The van der Waals surface area contributed by atoms with Crippen molar-refractivity contribution in [2.24, 2.45) is 0 Å². The minimum atomic E-state index is -3.73. The van der Waals surface area contributed by atoms with E-state index < -0.39 is 15.9 Å². The van der Waals surface area contributed by atoms with Crippen molar-refractivity contribution in [2.45, 2.75) is 4.90 Å². The van der Waals surface area contributed by atoms with Crippen LogP contribution in [0.3, 0.4) is 0 Å². The van der Waals surface area contributed by atoms with E-state index in [2.05, 4.69) is 10.6 Å². The summed E-state index contributed by atoms with van der Waals surface area (Å²) in [5.41, 5.74) is 0.498. The molecular weight excluding hydrogens is 456 g/mol. The number of nitrogens with zero attached hydrogens (tertiary/aromatic N) is 2. The van der Waals surface area contributed by atoms with Crippen molar-refractivity contribution in [1.29, 1.82) is 5.26 Å². The number of nitriles is 1. The lowest BCUT2D eigenvalue weighted by Crippen LogP contribution is -2.40. The molecule has 0 spiro atoms. The molecule has 1 aliphatic heterocycles. The van der Waals surface area contributed by atoms with E-state index in [-0.39, 0.29) is 34.3 Å². The van der Waals surface area contributed by atoms with Crippen LogP contribution in [-0.2, 0) is 19.6 Å². The van der Waals surface area contributed by atoms with Crippen LogP contribution in [-0.4, -0.2) is 52.0 Å². The number of amides is 1. The fraction of sp³-hybridized carbons (Fsp3) is 0.238. The molecule has 0 radical (unpaired) electrons. The predicted molar refractivity (Wildman–Crippen MR) is 120 cm³/mol. The number of halogens is 1. The molecule has 0 saturated carbocycles. The number of carbonyl (C=O) groups is 1. The van der Waals surface area contributed by atoms with E-state index in [1.165, 1.54) is 35.8 Å². The van der Waals surface area contributed by atoms with Crippen LogP contribution in [0.5, 0.6) is 5.75 Å². The highest BCUT2D eigenvalue weighted by atomic mass is 35.5. The van der Waals surface area contributed by atoms with Gasteiger partial charge in [-0.25, -0.2) is 8.42 Å². The first kappa shape index (κ1) is 23.6. The van der Waals surface area contributed by atoms with Gasteiger partial charge in [0.05, 0.1) is 35.9 Å². The summed E-state index contributed by atoms with van der Waals surface area (Å²) in [4.78, 5) is 12.5. The zero-order valence-corrected chi connectivity index (χ0v) is 18.7. The molecule has 0 aliphatic carbocycles. The number of anilines is 2. The zero-order chi connectivity index (χ0) is 23.1. The van der Waals surface area contributed by atoms with E-state index in [1.807, 2.05) is 6.07 Å². The molecule has 1 aliphatic rings. The maximum atomic E-state index is 12.9. The van der Waals surface area contributed by atoms with Gasteiger partial charge < -0.3 is 20.1 Å². The van der Waals surface area contributed by atoms with Crippen molar-refractivity contribution in [3.05, 3.63) is 59.3 Å². The topological polar surface area (TPSA) is 121 Å². The molecule has 1 saturated heterocycles. The Morgan fingerprint density at radius 2 is 1.91 bits per heavy atom. The van der Waals surface area contributed by atoms with Crippen LogP contribution in [0.25, 0.3) is 0 Å². The number of rotatable bonds is 7. The number of hydrogen-bond donors (Lipinski definition) is 2. The van der Waals surface area contributed by atoms with Crippen LogP contribution in [0.2, 0.25) is 5.02 Å². The molecule has 0 aromatic heterocycles. The molecule has 0 atom stereocenters. The van der Waals surface area contributed by atoms with Crippen LogP contribution in [0, 0.1) is 11.3 Å². The normalized spacial score (nSPS) is 15.0. The Bertz CT molecular complexity index is 1150. The van der Waals surface area contributed by atoms with Crippen LogP contribution in [0.15, 0.2) is 59.1 Å². The van der Waals surface area contributed by atoms with E-state index in [0.29, 0.717) is 24.7 Å². The number of sulfonamides is 1. The van der Waals surface area contributed by atoms with Crippen molar-refractivity contribution in [2.75, 3.05) is 44.0 Å². The van der Waals surface area contributed by atoms with Gasteiger partial charge in [0.25, 0.3) is 5.91 Å². The fourth-order valence-electron chi connectivity index (χ4n) is 2.88. The molecule has 0 bridgehead atoms. The summed E-state index contributed by atoms with van der Waals surface area (Å²) in [6.07, 6.45) is 1.17. The standard InChI is InChI=1S/C21H21ClN4O5S/c1-30-17-4-2-16(3-5-17)25-21(27)15(13-23)14-24-20-12-18(6-7-19(20)22)32(28,29)26-8-10-31-11-9-26/h2-7,12,14,24H,8-11H2,1H3,(H,25,27)/b15-14-. The van der Waals surface area contributed by atoms with E-state index in [0.717, 1.165) is 0 Å². The van der Waals surface area contributed by atoms with Gasteiger partial charge in [0.1, 0.15) is 17.4 Å². The third-order valence-electron chi connectivity index (χ3n) is 4.63. The molecule has 1 fully saturated rings. The summed E-state index contributed by atoms with van der Waals surface area (Å²) in [7, 11) is -2.20. The number of benzene rings is 2. The first-order valence-electron chi connectivity index (χ1n) is 9.55. The molecule has 2 N–H and O–H groups in total. The maximum absolute atomic E-state index is 12.9. The van der Waals surface area contributed by atoms with Gasteiger partial charge in [-0.1, -0.05) is 11.6 Å². The van der Waals surface area contributed by atoms with Gasteiger partial charge in [0.15, 0.2) is 0 Å². The van der Waals surface area contributed by atoms with Gasteiger partial charge in [-0.15, -0.1) is 0 Å². The Kier molecular flexibility index (Phi) is 7.71. The maximum Gasteiger partial charge on any atom is 0.267 e. The lowest BCUT2D eigenvalue weighted by molar-refractivity contribution is -0.112. The van der Waals surface area contributed by atoms with Crippen molar-refractivity contribution in [3.8, 4) is 11.8 Å². The lowest BCUT2D eigenvalue weighted by atomic mass is 10.2. The number of ether oxygens (including phenoxy) is 2. The Morgan fingerprint density at radius 1 is 1.22 bits per heavy atom. The number of nitrogens with one attached hydrogen (secondary N) is 2. The number of hydrogen-bond acceptors (Lipinski definition) is 7. The highest BCUT2D eigenvalue weighted by Crippen LogP contribution is 2.27. The van der Waals surface area contributed by atoms with Gasteiger partial charge >= 0.3 is 0 Å². The van der Waals surface area contributed by atoms with E-state index in [9.17, 15) is 18.5 Å². The largest absolute Gasteiger partial charge is 0.497 e. The Labute approximate surface area is 191 Å². The Balaban J connectivity index is 1.76. The van der Waals surface area contributed by atoms with Gasteiger partial charge in [0.2, 0.25) is 10.0 Å². The van der Waals surface area contributed by atoms with Gasteiger partial charge in [-0.3, -0.25) is 4.79 Å². The van der Waals surface area contributed by atoms with E-state index in [1.54, 1.807) is 24.3 Å². The number of morpholine rings is 1. The number of carbonyl (C=O) groups excluding carboxylic acids is 1. The summed E-state index contributed by atoms with van der Waals surface area (Å²) < 4.78 is 37.3. The average Bonchev–Trinajstić information content (AvgIpc) is 2.81. The predicted octanol–water partition coefficient (Wildman–Crippen LogP) is 2.83. The molecule has 11 heteroatoms. The van der Waals surface area contributed by atoms with Crippen LogP contribution >= 0.6 is 11.6 Å². The fourth-order valence-corrected chi connectivity index (χ4v) is 4.49. The monoisotopic (exact) mass is 476 g/mol. The second-order valence-corrected chi connectivity index (χ2v) is 9.00. The number of methoxy groups -OCH3 is 1. The van der Waals surface area contributed by atoms with Gasteiger partial charge in [-0.2, -0.15) is 9.57 Å². The van der Waals surface area contributed by atoms with Gasteiger partial charge in [0, 0.05) is 25.0 Å². The van der Waals surface area contributed by atoms with E-state index in [4.69, 9.17) is 21.1 Å². The second-order valence-electron chi connectivity index (χ2n) is 6.65. The van der Waals surface area contributed by atoms with Crippen LogP contribution < -0.4 is 15.4 Å². The highest BCUT2D eigenvalue weighted by Gasteiger charge is 2.26. The van der Waals surface area contributed by atoms with Crippen molar-refractivity contribution in [1.82, 2.24) is 4.31 Å². The van der Waals surface area contributed by atoms with Crippen LogP contribution in [0.4, 0.5) is 11.4 Å². The minimum Gasteiger partial charge on any atom is -0.497 e. The molecule has 1 heterocycles. The lowest BCUT2D eigenvalue weighted by Gasteiger charge is -2.26. The average molecular weight is 477 g/mol. The molecule has 9 nitrogen and oxygen atoms in total. The SMILES string of the molecule is COc1ccc(NC(=O)/C(C#N)=C\Nc2cc(S(=O)(=O)N3CCOCC3)ccc2Cl)cc1. The third kappa shape index (κ3) is 5.57. The molecule has 3 rings (SSSR count). The van der Waals surface area contributed by atoms with Crippen molar-refractivity contribution in [3.63, 3.8) is 0 Å². The molecule has 2 aromatic rings. The molecule has 2 aromatic carbocycles. The molecule has 32 heavy (non-hydrogen) atoms. The molecule has 168 valence electrons.